The number of nitrogens with zero attached hydrogens (tertiary/aromatic N) is 2. The molecule has 0 N–H and O–H groups in total. The van der Waals surface area contributed by atoms with Gasteiger partial charge in [0.05, 0.1) is 12.5 Å². The van der Waals surface area contributed by atoms with Crippen LogP contribution in [0, 0.1) is 0 Å². The maximum absolute atomic E-state index is 13.3. The first-order valence-corrected chi connectivity index (χ1v) is 9.71. The molecule has 0 saturated carbocycles. The van der Waals surface area contributed by atoms with Crippen molar-refractivity contribution in [3.63, 3.8) is 0 Å². The fraction of sp³-hybridized carbons (Fsp3) is 0.160. The highest BCUT2D eigenvalue weighted by molar-refractivity contribution is 6.12. The Morgan fingerprint density at radius 2 is 0.967 bits per heavy atom. The quantitative estimate of drug-likeness (QED) is 0.396. The van der Waals surface area contributed by atoms with Crippen molar-refractivity contribution < 1.29 is 13.6 Å². The van der Waals surface area contributed by atoms with Crippen LogP contribution in [0.25, 0.3) is 22.3 Å². The fourth-order valence-electron chi connectivity index (χ4n) is 3.41. The van der Waals surface area contributed by atoms with Crippen molar-refractivity contribution >= 4 is 17.2 Å². The average Bonchev–Trinajstić information content (AvgIpc) is 3.43. The van der Waals surface area contributed by atoms with E-state index in [2.05, 4.69) is 0 Å². The highest BCUT2D eigenvalue weighted by atomic mass is 16.4. The number of carbonyl (C=O) groups excluding carboxylic acids is 1. The molecule has 5 heteroatoms. The largest absolute Gasteiger partial charge is 0.460 e. The number of hydrogen-bond donors (Lipinski definition) is 0. The normalized spacial score (nSPS) is 10.8. The molecule has 0 atom stereocenters. The molecule has 2 aromatic carbocycles. The Bertz CT molecular complexity index is 1060. The average molecular weight is 400 g/mol. The van der Waals surface area contributed by atoms with Crippen molar-refractivity contribution in [2.75, 3.05) is 38.0 Å². The number of anilines is 2. The summed E-state index contributed by atoms with van der Waals surface area (Å²) in [6.07, 6.45) is 3.08. The minimum absolute atomic E-state index is 0.272. The van der Waals surface area contributed by atoms with Crippen LogP contribution in [0.5, 0.6) is 0 Å². The maximum atomic E-state index is 13.3. The molecule has 0 fully saturated rings. The molecule has 152 valence electrons. The molecular weight excluding hydrogens is 376 g/mol. The summed E-state index contributed by atoms with van der Waals surface area (Å²) in [6.45, 7) is 0. The van der Waals surface area contributed by atoms with Crippen LogP contribution in [-0.2, 0) is 0 Å². The molecule has 4 aromatic rings. The molecule has 4 rings (SSSR count). The summed E-state index contributed by atoms with van der Waals surface area (Å²) in [5, 5.41) is 0. The summed E-state index contributed by atoms with van der Waals surface area (Å²) in [6, 6.07) is 19.6. The van der Waals surface area contributed by atoms with E-state index in [1.54, 1.807) is 0 Å². The lowest BCUT2D eigenvalue weighted by atomic mass is 9.99. The third kappa shape index (κ3) is 3.62. The van der Waals surface area contributed by atoms with E-state index in [-0.39, 0.29) is 17.3 Å². The van der Waals surface area contributed by atoms with Crippen LogP contribution < -0.4 is 9.80 Å². The Kier molecular flexibility index (Phi) is 5.19. The molecule has 0 aliphatic carbocycles. The SMILES string of the molecule is CN(C)c1ccc(-c2ccoc2C(=O)c2occc2-c2ccc(N(C)C)cc2)cc1. The molecule has 5 nitrogen and oxygen atoms in total. The van der Waals surface area contributed by atoms with Crippen LogP contribution in [-0.4, -0.2) is 34.0 Å². The number of benzene rings is 2. The summed E-state index contributed by atoms with van der Waals surface area (Å²) in [5.41, 5.74) is 5.50. The van der Waals surface area contributed by atoms with E-state index in [1.165, 1.54) is 12.5 Å². The van der Waals surface area contributed by atoms with E-state index in [1.807, 2.05) is 98.7 Å². The zero-order valence-corrected chi connectivity index (χ0v) is 17.5. The van der Waals surface area contributed by atoms with Gasteiger partial charge in [-0.3, -0.25) is 4.79 Å². The molecule has 0 aliphatic heterocycles. The summed E-state index contributed by atoms with van der Waals surface area (Å²) in [7, 11) is 7.97. The number of carbonyl (C=O) groups is 1. The highest BCUT2D eigenvalue weighted by Gasteiger charge is 2.24. The first-order chi connectivity index (χ1) is 14.5. The van der Waals surface area contributed by atoms with E-state index >= 15 is 0 Å². The Morgan fingerprint density at radius 3 is 1.30 bits per heavy atom. The zero-order chi connectivity index (χ0) is 21.3. The molecule has 0 spiro atoms. The van der Waals surface area contributed by atoms with Crippen LogP contribution in [0.4, 0.5) is 11.4 Å². The first kappa shape index (κ1) is 19.6. The van der Waals surface area contributed by atoms with Crippen LogP contribution in [0.2, 0.25) is 0 Å². The van der Waals surface area contributed by atoms with Crippen molar-refractivity contribution in [1.29, 1.82) is 0 Å². The van der Waals surface area contributed by atoms with Gasteiger partial charge in [0.1, 0.15) is 0 Å². The second-order valence-electron chi connectivity index (χ2n) is 7.54. The maximum Gasteiger partial charge on any atom is 0.264 e. The van der Waals surface area contributed by atoms with Gasteiger partial charge >= 0.3 is 0 Å². The van der Waals surface area contributed by atoms with E-state index in [4.69, 9.17) is 8.83 Å². The Labute approximate surface area is 176 Å². The number of hydrogen-bond acceptors (Lipinski definition) is 5. The predicted molar refractivity (Wildman–Crippen MR) is 120 cm³/mol. The van der Waals surface area contributed by atoms with Crippen molar-refractivity contribution in [1.82, 2.24) is 0 Å². The first-order valence-electron chi connectivity index (χ1n) is 9.71. The van der Waals surface area contributed by atoms with E-state index in [0.29, 0.717) is 0 Å². The summed E-state index contributed by atoms with van der Waals surface area (Å²) in [5.74, 6) is 0.269. The molecule has 2 heterocycles. The van der Waals surface area contributed by atoms with Gasteiger partial charge in [0, 0.05) is 50.7 Å². The van der Waals surface area contributed by atoms with Crippen molar-refractivity contribution in [3.8, 4) is 22.3 Å². The van der Waals surface area contributed by atoms with Gasteiger partial charge in [0.25, 0.3) is 5.78 Å². The van der Waals surface area contributed by atoms with Crippen LogP contribution in [0.1, 0.15) is 16.3 Å². The minimum atomic E-state index is -0.275. The molecule has 0 radical (unpaired) electrons. The fourth-order valence-corrected chi connectivity index (χ4v) is 3.41. The number of rotatable bonds is 6. The standard InChI is InChI=1S/C25H24N2O3/c1-26(2)19-9-5-17(6-10-19)21-13-15-29-24(21)23(28)25-22(14-16-30-25)18-7-11-20(12-8-18)27(3)4/h5-16H,1-4H3. The molecule has 30 heavy (non-hydrogen) atoms. The van der Waals surface area contributed by atoms with Gasteiger partial charge in [-0.05, 0) is 47.5 Å². The Hall–Kier alpha value is -3.73. The van der Waals surface area contributed by atoms with Crippen molar-refractivity contribution in [2.45, 2.75) is 0 Å². The Balaban J connectivity index is 1.68. The van der Waals surface area contributed by atoms with Gasteiger partial charge in [0.15, 0.2) is 11.5 Å². The van der Waals surface area contributed by atoms with Crippen LogP contribution in [0.3, 0.4) is 0 Å². The molecule has 0 amide bonds. The summed E-state index contributed by atoms with van der Waals surface area (Å²) >= 11 is 0. The molecule has 0 bridgehead atoms. The summed E-state index contributed by atoms with van der Waals surface area (Å²) < 4.78 is 11.2. The van der Waals surface area contributed by atoms with Gasteiger partial charge in [0.2, 0.25) is 0 Å². The second-order valence-corrected chi connectivity index (χ2v) is 7.54. The van der Waals surface area contributed by atoms with E-state index in [9.17, 15) is 4.79 Å². The monoisotopic (exact) mass is 400 g/mol. The molecular formula is C25H24N2O3. The van der Waals surface area contributed by atoms with Gasteiger partial charge in [-0.25, -0.2) is 0 Å². The molecule has 0 aliphatic rings. The van der Waals surface area contributed by atoms with Crippen molar-refractivity contribution in [3.05, 3.63) is 84.7 Å². The third-order valence-electron chi connectivity index (χ3n) is 5.13. The lowest BCUT2D eigenvalue weighted by molar-refractivity contribution is 0.0985. The second kappa shape index (κ2) is 7.95. The zero-order valence-electron chi connectivity index (χ0n) is 17.5. The number of furan rings is 2. The molecule has 2 aromatic heterocycles. The predicted octanol–water partition coefficient (Wildman–Crippen LogP) is 5.57. The third-order valence-corrected chi connectivity index (χ3v) is 5.13. The van der Waals surface area contributed by atoms with Crippen LogP contribution >= 0.6 is 0 Å². The Morgan fingerprint density at radius 1 is 0.600 bits per heavy atom. The lowest BCUT2D eigenvalue weighted by Crippen LogP contribution is -2.08. The number of ketones is 1. The lowest BCUT2D eigenvalue weighted by Gasteiger charge is -2.13. The topological polar surface area (TPSA) is 49.8 Å². The summed E-state index contributed by atoms with van der Waals surface area (Å²) in [4.78, 5) is 17.4. The highest BCUT2D eigenvalue weighted by Crippen LogP contribution is 2.32. The van der Waals surface area contributed by atoms with Gasteiger partial charge in [-0.1, -0.05) is 24.3 Å². The smallest absolute Gasteiger partial charge is 0.264 e. The van der Waals surface area contributed by atoms with Crippen molar-refractivity contribution in [2.24, 2.45) is 0 Å². The molecule has 0 unspecified atom stereocenters. The van der Waals surface area contributed by atoms with Gasteiger partial charge in [-0.2, -0.15) is 0 Å². The minimum Gasteiger partial charge on any atom is -0.460 e. The van der Waals surface area contributed by atoms with Gasteiger partial charge < -0.3 is 18.6 Å². The van der Waals surface area contributed by atoms with Crippen LogP contribution in [0.15, 0.2) is 82.0 Å². The van der Waals surface area contributed by atoms with E-state index in [0.717, 1.165) is 33.6 Å². The van der Waals surface area contributed by atoms with E-state index < -0.39 is 0 Å². The van der Waals surface area contributed by atoms with Gasteiger partial charge in [-0.15, -0.1) is 0 Å². The molecule has 0 saturated heterocycles.